The van der Waals surface area contributed by atoms with Crippen LogP contribution in [0.1, 0.15) is 63.6 Å². The SMILES string of the molecule is CN=C(NCCc1nc(C(C)(C)C)cs1)N1CCC2(CCCC2)C1.I. The summed E-state index contributed by atoms with van der Waals surface area (Å²) in [5.41, 5.74) is 1.94. The van der Waals surface area contributed by atoms with Crippen LogP contribution in [-0.2, 0) is 11.8 Å². The fourth-order valence-corrected chi connectivity index (χ4v) is 5.06. The molecular formula is C19H33IN4S. The number of nitrogens with zero attached hydrogens (tertiary/aromatic N) is 3. The molecule has 2 heterocycles. The number of nitrogens with one attached hydrogen (secondary N) is 1. The molecule has 25 heavy (non-hydrogen) atoms. The van der Waals surface area contributed by atoms with Crippen LogP contribution >= 0.6 is 35.3 Å². The highest BCUT2D eigenvalue weighted by Crippen LogP contribution is 2.45. The average Bonchev–Trinajstić information content (AvgIpc) is 3.26. The summed E-state index contributed by atoms with van der Waals surface area (Å²) in [5.74, 6) is 1.08. The number of hydrogen-bond donors (Lipinski definition) is 1. The Balaban J connectivity index is 0.00000225. The first-order valence-electron chi connectivity index (χ1n) is 9.32. The van der Waals surface area contributed by atoms with Crippen LogP contribution in [0.5, 0.6) is 0 Å². The van der Waals surface area contributed by atoms with Crippen LogP contribution in [-0.4, -0.2) is 42.5 Å². The second-order valence-electron chi connectivity index (χ2n) is 8.48. The summed E-state index contributed by atoms with van der Waals surface area (Å²) in [6.07, 6.45) is 7.97. The standard InChI is InChI=1S/C19H32N4S.HI/c1-18(2,3)15-13-24-16(22-15)7-11-21-17(20-4)23-12-10-19(14-23)8-5-6-9-19;/h13H,5-12,14H2,1-4H3,(H,20,21);1H. The molecule has 1 aliphatic carbocycles. The fraction of sp³-hybridized carbons (Fsp3) is 0.789. The second-order valence-corrected chi connectivity index (χ2v) is 9.42. The Labute approximate surface area is 173 Å². The molecule has 1 spiro atoms. The third kappa shape index (κ3) is 5.08. The molecule has 0 atom stereocenters. The van der Waals surface area contributed by atoms with Crippen molar-refractivity contribution in [3.63, 3.8) is 0 Å². The van der Waals surface area contributed by atoms with E-state index >= 15 is 0 Å². The van der Waals surface area contributed by atoms with E-state index in [1.165, 1.54) is 49.4 Å². The van der Waals surface area contributed by atoms with E-state index in [9.17, 15) is 0 Å². The zero-order valence-electron chi connectivity index (χ0n) is 16.1. The highest BCUT2D eigenvalue weighted by atomic mass is 127. The minimum atomic E-state index is 0. The van der Waals surface area contributed by atoms with Crippen LogP contribution in [0.25, 0.3) is 0 Å². The summed E-state index contributed by atoms with van der Waals surface area (Å²) in [7, 11) is 1.91. The van der Waals surface area contributed by atoms with Crippen molar-refractivity contribution in [2.45, 2.75) is 64.7 Å². The topological polar surface area (TPSA) is 40.5 Å². The molecule has 0 aromatic carbocycles. The maximum absolute atomic E-state index is 4.78. The molecule has 142 valence electrons. The first kappa shape index (κ1) is 20.9. The lowest BCUT2D eigenvalue weighted by Gasteiger charge is -2.25. The maximum atomic E-state index is 4.78. The highest BCUT2D eigenvalue weighted by molar-refractivity contribution is 14.0. The number of aromatic nitrogens is 1. The molecule has 1 aliphatic heterocycles. The summed E-state index contributed by atoms with van der Waals surface area (Å²) in [4.78, 5) is 11.8. The van der Waals surface area contributed by atoms with Gasteiger partial charge in [0.2, 0.25) is 0 Å². The normalized spacial score (nSPS) is 20.2. The summed E-state index contributed by atoms with van der Waals surface area (Å²) >= 11 is 1.78. The van der Waals surface area contributed by atoms with Gasteiger partial charge in [-0.2, -0.15) is 0 Å². The minimum absolute atomic E-state index is 0. The fourth-order valence-electron chi connectivity index (χ4n) is 4.03. The molecule has 1 aromatic heterocycles. The van der Waals surface area contributed by atoms with Crippen molar-refractivity contribution < 1.29 is 0 Å². The van der Waals surface area contributed by atoms with Crippen molar-refractivity contribution in [2.75, 3.05) is 26.7 Å². The molecule has 3 rings (SSSR count). The van der Waals surface area contributed by atoms with Gasteiger partial charge < -0.3 is 10.2 Å². The molecule has 1 aromatic rings. The van der Waals surface area contributed by atoms with Crippen molar-refractivity contribution in [1.82, 2.24) is 15.2 Å². The Morgan fingerprint density at radius 2 is 2.04 bits per heavy atom. The molecule has 1 saturated carbocycles. The van der Waals surface area contributed by atoms with Gasteiger partial charge in [0.1, 0.15) is 0 Å². The van der Waals surface area contributed by atoms with E-state index in [0.29, 0.717) is 5.41 Å². The van der Waals surface area contributed by atoms with Crippen molar-refractivity contribution in [3.05, 3.63) is 16.1 Å². The number of aliphatic imine (C=N–C) groups is 1. The average molecular weight is 476 g/mol. The van der Waals surface area contributed by atoms with Crippen molar-refractivity contribution in [1.29, 1.82) is 0 Å². The van der Waals surface area contributed by atoms with E-state index in [2.05, 4.69) is 41.4 Å². The third-order valence-corrected chi connectivity index (χ3v) is 6.46. The molecule has 2 aliphatic rings. The monoisotopic (exact) mass is 476 g/mol. The zero-order chi connectivity index (χ0) is 17.2. The minimum Gasteiger partial charge on any atom is -0.356 e. The summed E-state index contributed by atoms with van der Waals surface area (Å²) in [5, 5.41) is 6.98. The molecule has 1 saturated heterocycles. The van der Waals surface area contributed by atoms with Gasteiger partial charge in [0, 0.05) is 43.9 Å². The lowest BCUT2D eigenvalue weighted by Crippen LogP contribution is -2.41. The van der Waals surface area contributed by atoms with Gasteiger partial charge in [0.25, 0.3) is 0 Å². The summed E-state index contributed by atoms with van der Waals surface area (Å²) in [6.45, 7) is 9.92. The Kier molecular flexibility index (Phi) is 7.16. The predicted molar refractivity (Wildman–Crippen MR) is 118 cm³/mol. The van der Waals surface area contributed by atoms with Gasteiger partial charge in [-0.25, -0.2) is 4.98 Å². The first-order chi connectivity index (χ1) is 11.4. The van der Waals surface area contributed by atoms with E-state index < -0.39 is 0 Å². The molecule has 1 N–H and O–H groups in total. The molecule has 4 nitrogen and oxygen atoms in total. The predicted octanol–water partition coefficient (Wildman–Crippen LogP) is 4.44. The lowest BCUT2D eigenvalue weighted by atomic mass is 9.86. The van der Waals surface area contributed by atoms with Crippen molar-refractivity contribution in [3.8, 4) is 0 Å². The van der Waals surface area contributed by atoms with Gasteiger partial charge in [-0.1, -0.05) is 33.6 Å². The van der Waals surface area contributed by atoms with Crippen LogP contribution in [0.3, 0.4) is 0 Å². The van der Waals surface area contributed by atoms with Crippen LogP contribution in [0, 0.1) is 5.41 Å². The van der Waals surface area contributed by atoms with Crippen LogP contribution < -0.4 is 5.32 Å². The molecule has 0 radical (unpaired) electrons. The van der Waals surface area contributed by atoms with Gasteiger partial charge in [-0.15, -0.1) is 35.3 Å². The number of thiazole rings is 1. The van der Waals surface area contributed by atoms with Crippen molar-refractivity contribution in [2.24, 2.45) is 10.4 Å². The molecular weight excluding hydrogens is 443 g/mol. The van der Waals surface area contributed by atoms with Crippen LogP contribution in [0.4, 0.5) is 0 Å². The van der Waals surface area contributed by atoms with E-state index in [0.717, 1.165) is 25.5 Å². The van der Waals surface area contributed by atoms with Crippen LogP contribution in [0.15, 0.2) is 10.4 Å². The quantitative estimate of drug-likeness (QED) is 0.398. The van der Waals surface area contributed by atoms with Crippen LogP contribution in [0.2, 0.25) is 0 Å². The number of rotatable bonds is 3. The highest BCUT2D eigenvalue weighted by Gasteiger charge is 2.41. The van der Waals surface area contributed by atoms with Crippen molar-refractivity contribution >= 4 is 41.3 Å². The molecule has 6 heteroatoms. The Morgan fingerprint density at radius 3 is 2.64 bits per heavy atom. The van der Waals surface area contributed by atoms with Gasteiger partial charge >= 0.3 is 0 Å². The smallest absolute Gasteiger partial charge is 0.193 e. The zero-order valence-corrected chi connectivity index (χ0v) is 19.2. The molecule has 0 bridgehead atoms. The van der Waals surface area contributed by atoms with E-state index in [1.807, 2.05) is 7.05 Å². The van der Waals surface area contributed by atoms with Gasteiger partial charge in [0.15, 0.2) is 5.96 Å². The van der Waals surface area contributed by atoms with Gasteiger partial charge in [-0.05, 0) is 24.7 Å². The maximum Gasteiger partial charge on any atom is 0.193 e. The molecule has 2 fully saturated rings. The largest absolute Gasteiger partial charge is 0.356 e. The Bertz CT molecular complexity index is 584. The number of hydrogen-bond acceptors (Lipinski definition) is 3. The Morgan fingerprint density at radius 1 is 1.32 bits per heavy atom. The molecule has 0 amide bonds. The summed E-state index contributed by atoms with van der Waals surface area (Å²) in [6, 6.07) is 0. The van der Waals surface area contributed by atoms with E-state index in [-0.39, 0.29) is 29.4 Å². The summed E-state index contributed by atoms with van der Waals surface area (Å²) < 4.78 is 0. The molecule has 0 unspecified atom stereocenters. The first-order valence-corrected chi connectivity index (χ1v) is 10.2. The Hall–Kier alpha value is -0.370. The van der Waals surface area contributed by atoms with E-state index in [1.54, 1.807) is 11.3 Å². The van der Waals surface area contributed by atoms with E-state index in [4.69, 9.17) is 4.98 Å². The van der Waals surface area contributed by atoms with Gasteiger partial charge in [0.05, 0.1) is 10.7 Å². The number of guanidine groups is 1. The second kappa shape index (κ2) is 8.55. The van der Waals surface area contributed by atoms with Gasteiger partial charge in [-0.3, -0.25) is 4.99 Å². The lowest BCUT2D eigenvalue weighted by molar-refractivity contribution is 0.309. The number of likely N-dealkylation sites (tertiary alicyclic amines) is 1. The number of halogens is 1. The third-order valence-electron chi connectivity index (χ3n) is 5.56.